The molecule has 0 fully saturated rings. The number of benzene rings is 1. The molecule has 0 aliphatic rings. The smallest absolute Gasteiger partial charge is 0.314 e. The molecule has 0 saturated heterocycles. The fourth-order valence-corrected chi connectivity index (χ4v) is 3.01. The first-order valence-corrected chi connectivity index (χ1v) is 9.43. The summed E-state index contributed by atoms with van der Waals surface area (Å²) < 4.78 is 26.1. The zero-order chi connectivity index (χ0) is 17.3. The molecule has 23 heavy (non-hydrogen) atoms. The highest BCUT2D eigenvalue weighted by Gasteiger charge is 2.11. The van der Waals surface area contributed by atoms with E-state index >= 15 is 0 Å². The van der Waals surface area contributed by atoms with Gasteiger partial charge in [-0.15, -0.1) is 0 Å². The van der Waals surface area contributed by atoms with Gasteiger partial charge in [0.15, 0.2) is 0 Å². The summed E-state index contributed by atoms with van der Waals surface area (Å²) in [5, 5.41) is 5.60. The summed E-state index contributed by atoms with van der Waals surface area (Å²) in [4.78, 5) is 11.8. The summed E-state index contributed by atoms with van der Waals surface area (Å²) in [7, 11) is -3.41. The van der Waals surface area contributed by atoms with Gasteiger partial charge in [0.05, 0.1) is 4.90 Å². The molecule has 0 aliphatic carbocycles. The standard InChI is InChI=1S/C16H27N3O3S/c1-4-19-23(21,22)15-7-5-14(6-8-15)10-12-18-16(20)17-11-9-13(2)3/h5-8,13,19H,4,9-12H2,1-3H3,(H2,17,18,20). The Hall–Kier alpha value is -1.60. The Morgan fingerprint density at radius 3 is 2.26 bits per heavy atom. The first-order chi connectivity index (χ1) is 10.8. The number of carbonyl (C=O) groups excluding carboxylic acids is 1. The molecular formula is C16H27N3O3S. The van der Waals surface area contributed by atoms with Crippen molar-refractivity contribution in [2.45, 2.75) is 38.5 Å². The number of urea groups is 1. The van der Waals surface area contributed by atoms with Crippen LogP contribution >= 0.6 is 0 Å². The number of carbonyl (C=O) groups is 1. The Morgan fingerprint density at radius 2 is 1.70 bits per heavy atom. The van der Waals surface area contributed by atoms with Crippen LogP contribution in [0.25, 0.3) is 0 Å². The quantitative estimate of drug-likeness (QED) is 0.641. The zero-order valence-corrected chi connectivity index (χ0v) is 14.9. The highest BCUT2D eigenvalue weighted by molar-refractivity contribution is 7.89. The second kappa shape index (κ2) is 9.52. The van der Waals surface area contributed by atoms with Crippen LogP contribution in [0.15, 0.2) is 29.2 Å². The van der Waals surface area contributed by atoms with Crippen molar-refractivity contribution in [1.82, 2.24) is 15.4 Å². The van der Waals surface area contributed by atoms with Crippen LogP contribution in [0.1, 0.15) is 32.8 Å². The molecule has 0 saturated carbocycles. The van der Waals surface area contributed by atoms with E-state index in [-0.39, 0.29) is 10.9 Å². The van der Waals surface area contributed by atoms with E-state index in [0.29, 0.717) is 32.0 Å². The van der Waals surface area contributed by atoms with Gasteiger partial charge in [-0.1, -0.05) is 32.9 Å². The number of nitrogens with one attached hydrogen (secondary N) is 3. The lowest BCUT2D eigenvalue weighted by Crippen LogP contribution is -2.37. The molecule has 3 N–H and O–H groups in total. The van der Waals surface area contributed by atoms with Crippen LogP contribution in [0.3, 0.4) is 0 Å². The SMILES string of the molecule is CCNS(=O)(=O)c1ccc(CCNC(=O)NCCC(C)C)cc1. The predicted octanol–water partition coefficient (Wildman–Crippen LogP) is 1.87. The maximum Gasteiger partial charge on any atom is 0.314 e. The first-order valence-electron chi connectivity index (χ1n) is 7.95. The minimum Gasteiger partial charge on any atom is -0.338 e. The van der Waals surface area contributed by atoms with E-state index in [2.05, 4.69) is 29.2 Å². The van der Waals surface area contributed by atoms with Crippen LogP contribution < -0.4 is 15.4 Å². The van der Waals surface area contributed by atoms with Gasteiger partial charge in [-0.3, -0.25) is 0 Å². The summed E-state index contributed by atoms with van der Waals surface area (Å²) in [5.41, 5.74) is 0.975. The maximum atomic E-state index is 11.8. The van der Waals surface area contributed by atoms with E-state index in [0.717, 1.165) is 12.0 Å². The second-order valence-electron chi connectivity index (χ2n) is 5.76. The lowest BCUT2D eigenvalue weighted by atomic mass is 10.1. The molecule has 0 aliphatic heterocycles. The normalized spacial score (nSPS) is 11.5. The van der Waals surface area contributed by atoms with Gasteiger partial charge in [0.2, 0.25) is 10.0 Å². The lowest BCUT2D eigenvalue weighted by molar-refractivity contribution is 0.240. The van der Waals surface area contributed by atoms with Gasteiger partial charge in [-0.05, 0) is 36.5 Å². The molecule has 0 aromatic heterocycles. The van der Waals surface area contributed by atoms with Crippen molar-refractivity contribution in [3.05, 3.63) is 29.8 Å². The minimum atomic E-state index is -3.41. The molecule has 0 radical (unpaired) electrons. The van der Waals surface area contributed by atoms with Crippen molar-refractivity contribution in [3.8, 4) is 0 Å². The Balaban J connectivity index is 2.37. The van der Waals surface area contributed by atoms with Crippen molar-refractivity contribution in [2.24, 2.45) is 5.92 Å². The Bertz CT molecular complexity index is 583. The highest BCUT2D eigenvalue weighted by Crippen LogP contribution is 2.10. The van der Waals surface area contributed by atoms with Crippen LogP contribution in [0.4, 0.5) is 4.79 Å². The molecular weight excluding hydrogens is 314 g/mol. The van der Waals surface area contributed by atoms with E-state index in [1.54, 1.807) is 31.2 Å². The monoisotopic (exact) mass is 341 g/mol. The van der Waals surface area contributed by atoms with Crippen molar-refractivity contribution in [3.63, 3.8) is 0 Å². The number of hydrogen-bond donors (Lipinski definition) is 3. The average Bonchev–Trinajstić information content (AvgIpc) is 2.47. The maximum absolute atomic E-state index is 11.8. The molecule has 1 aromatic carbocycles. The third-order valence-corrected chi connectivity index (χ3v) is 4.84. The second-order valence-corrected chi connectivity index (χ2v) is 7.53. The van der Waals surface area contributed by atoms with E-state index in [1.807, 2.05) is 0 Å². The summed E-state index contributed by atoms with van der Waals surface area (Å²) in [5.74, 6) is 0.562. The third-order valence-electron chi connectivity index (χ3n) is 3.27. The highest BCUT2D eigenvalue weighted by atomic mass is 32.2. The van der Waals surface area contributed by atoms with Crippen LogP contribution in [-0.4, -0.2) is 34.1 Å². The van der Waals surface area contributed by atoms with Gasteiger partial charge < -0.3 is 10.6 Å². The molecule has 0 spiro atoms. The first kappa shape index (κ1) is 19.4. The zero-order valence-electron chi connectivity index (χ0n) is 14.1. The van der Waals surface area contributed by atoms with Gasteiger partial charge in [0.1, 0.15) is 0 Å². The number of amides is 2. The fraction of sp³-hybridized carbons (Fsp3) is 0.562. The van der Waals surface area contributed by atoms with E-state index in [4.69, 9.17) is 0 Å². The van der Waals surface area contributed by atoms with Gasteiger partial charge in [0.25, 0.3) is 0 Å². The summed E-state index contributed by atoms with van der Waals surface area (Å²) in [6, 6.07) is 6.52. The van der Waals surface area contributed by atoms with Gasteiger partial charge in [-0.25, -0.2) is 17.9 Å². The molecule has 1 aromatic rings. The van der Waals surface area contributed by atoms with Gasteiger partial charge in [0, 0.05) is 19.6 Å². The summed E-state index contributed by atoms with van der Waals surface area (Å²) in [6.45, 7) is 7.50. The molecule has 0 bridgehead atoms. The topological polar surface area (TPSA) is 87.3 Å². The summed E-state index contributed by atoms with van der Waals surface area (Å²) >= 11 is 0. The Morgan fingerprint density at radius 1 is 1.09 bits per heavy atom. The van der Waals surface area contributed by atoms with Crippen LogP contribution in [-0.2, 0) is 16.4 Å². The minimum absolute atomic E-state index is 0.169. The van der Waals surface area contributed by atoms with E-state index in [1.165, 1.54) is 0 Å². The van der Waals surface area contributed by atoms with E-state index < -0.39 is 10.0 Å². The van der Waals surface area contributed by atoms with Gasteiger partial charge in [-0.2, -0.15) is 0 Å². The average molecular weight is 341 g/mol. The number of rotatable bonds is 9. The van der Waals surface area contributed by atoms with Crippen molar-refractivity contribution < 1.29 is 13.2 Å². The summed E-state index contributed by atoms with van der Waals surface area (Å²) in [6.07, 6.45) is 1.61. The van der Waals surface area contributed by atoms with Crippen molar-refractivity contribution >= 4 is 16.1 Å². The van der Waals surface area contributed by atoms with Crippen molar-refractivity contribution in [2.75, 3.05) is 19.6 Å². The van der Waals surface area contributed by atoms with Gasteiger partial charge >= 0.3 is 6.03 Å². The molecule has 1 rings (SSSR count). The molecule has 130 valence electrons. The van der Waals surface area contributed by atoms with Crippen LogP contribution in [0, 0.1) is 5.92 Å². The molecule has 0 atom stereocenters. The number of hydrogen-bond acceptors (Lipinski definition) is 3. The van der Waals surface area contributed by atoms with E-state index in [9.17, 15) is 13.2 Å². The van der Waals surface area contributed by atoms with Crippen LogP contribution in [0.5, 0.6) is 0 Å². The molecule has 2 amide bonds. The Labute approximate surface area is 139 Å². The predicted molar refractivity (Wildman–Crippen MR) is 91.9 cm³/mol. The third kappa shape index (κ3) is 7.47. The number of sulfonamides is 1. The van der Waals surface area contributed by atoms with Crippen molar-refractivity contribution in [1.29, 1.82) is 0 Å². The molecule has 0 unspecified atom stereocenters. The largest absolute Gasteiger partial charge is 0.338 e. The molecule has 0 heterocycles. The molecule has 7 heteroatoms. The van der Waals surface area contributed by atoms with Crippen LogP contribution in [0.2, 0.25) is 0 Å². The lowest BCUT2D eigenvalue weighted by Gasteiger charge is -2.09. The molecule has 6 nitrogen and oxygen atoms in total. The fourth-order valence-electron chi connectivity index (χ4n) is 1.97. The Kier molecular flexibility index (Phi) is 8.05.